The van der Waals surface area contributed by atoms with Crippen molar-refractivity contribution in [2.24, 2.45) is 5.92 Å². The van der Waals surface area contributed by atoms with Crippen molar-refractivity contribution in [2.45, 2.75) is 19.8 Å². The highest BCUT2D eigenvalue weighted by atomic mass is 35.5. The Bertz CT molecular complexity index is 929. The molecule has 2 saturated heterocycles. The molecule has 1 aromatic heterocycles. The lowest BCUT2D eigenvalue weighted by Crippen LogP contribution is -2.47. The molecule has 160 valence electrons. The number of benzene rings is 1. The summed E-state index contributed by atoms with van der Waals surface area (Å²) < 4.78 is 24.9. The summed E-state index contributed by atoms with van der Waals surface area (Å²) in [5.74, 6) is -0.526. The Morgan fingerprint density at radius 1 is 1.13 bits per heavy atom. The standard InChI is InChI=1S/C21H23ClFN3O4/c1-13-17(19(24-30-13)18-15(22)3-2-4-16(18)23)21(28)25-7-5-14(6-8-25)20(27)26-9-11-29-12-10-26/h2-4,14H,5-12H2,1H3. The number of nitrogens with zero attached hydrogens (tertiary/aromatic N) is 3. The monoisotopic (exact) mass is 435 g/mol. The molecule has 2 aliphatic rings. The fourth-order valence-electron chi connectivity index (χ4n) is 4.05. The number of carbonyl (C=O) groups is 2. The van der Waals surface area contributed by atoms with Crippen LogP contribution in [-0.4, -0.2) is 66.2 Å². The Morgan fingerprint density at radius 2 is 1.83 bits per heavy atom. The molecular formula is C21H23ClFN3O4. The Balaban J connectivity index is 1.49. The van der Waals surface area contributed by atoms with E-state index in [0.717, 1.165) is 0 Å². The zero-order valence-electron chi connectivity index (χ0n) is 16.7. The number of hydrogen-bond acceptors (Lipinski definition) is 5. The second-order valence-electron chi connectivity index (χ2n) is 7.56. The second-order valence-corrected chi connectivity index (χ2v) is 7.97. The fourth-order valence-corrected chi connectivity index (χ4v) is 4.30. The number of hydrogen-bond donors (Lipinski definition) is 0. The van der Waals surface area contributed by atoms with Crippen LogP contribution in [0.4, 0.5) is 4.39 Å². The molecule has 0 N–H and O–H groups in total. The van der Waals surface area contributed by atoms with Crippen LogP contribution in [0.1, 0.15) is 29.0 Å². The molecular weight excluding hydrogens is 413 g/mol. The smallest absolute Gasteiger partial charge is 0.259 e. The second kappa shape index (κ2) is 8.73. The van der Waals surface area contributed by atoms with E-state index in [0.29, 0.717) is 58.0 Å². The molecule has 0 saturated carbocycles. The Labute approximate surface area is 178 Å². The average Bonchev–Trinajstić information content (AvgIpc) is 3.14. The minimum absolute atomic E-state index is 0.0525. The average molecular weight is 436 g/mol. The van der Waals surface area contributed by atoms with Crippen LogP contribution in [0.5, 0.6) is 0 Å². The van der Waals surface area contributed by atoms with Gasteiger partial charge in [-0.15, -0.1) is 0 Å². The maximum atomic E-state index is 14.4. The minimum Gasteiger partial charge on any atom is -0.378 e. The molecule has 0 radical (unpaired) electrons. The maximum absolute atomic E-state index is 14.4. The number of aryl methyl sites for hydroxylation is 1. The maximum Gasteiger partial charge on any atom is 0.259 e. The normalized spacial score (nSPS) is 18.0. The first-order valence-electron chi connectivity index (χ1n) is 10.0. The summed E-state index contributed by atoms with van der Waals surface area (Å²) in [6, 6.07) is 4.30. The molecule has 3 heterocycles. The molecule has 0 atom stereocenters. The number of aromatic nitrogens is 1. The van der Waals surface area contributed by atoms with Gasteiger partial charge in [-0.2, -0.15) is 0 Å². The molecule has 0 aliphatic carbocycles. The van der Waals surface area contributed by atoms with Crippen LogP contribution >= 0.6 is 11.6 Å². The Morgan fingerprint density at radius 3 is 2.50 bits per heavy atom. The van der Waals surface area contributed by atoms with E-state index >= 15 is 0 Å². The van der Waals surface area contributed by atoms with E-state index in [4.69, 9.17) is 20.9 Å². The van der Waals surface area contributed by atoms with Gasteiger partial charge in [-0.1, -0.05) is 22.8 Å². The van der Waals surface area contributed by atoms with Gasteiger partial charge in [0.05, 0.1) is 23.8 Å². The van der Waals surface area contributed by atoms with Crippen LogP contribution in [0.15, 0.2) is 22.7 Å². The van der Waals surface area contributed by atoms with Crippen LogP contribution in [0.2, 0.25) is 5.02 Å². The third-order valence-corrected chi connectivity index (χ3v) is 6.05. The lowest BCUT2D eigenvalue weighted by molar-refractivity contribution is -0.141. The van der Waals surface area contributed by atoms with Gasteiger partial charge in [0, 0.05) is 32.1 Å². The summed E-state index contributed by atoms with van der Waals surface area (Å²) in [5.41, 5.74) is 0.365. The first-order chi connectivity index (χ1) is 14.5. The van der Waals surface area contributed by atoms with E-state index in [1.165, 1.54) is 12.1 Å². The lowest BCUT2D eigenvalue weighted by Gasteiger charge is -2.35. The quantitative estimate of drug-likeness (QED) is 0.740. The number of rotatable bonds is 3. The Kier molecular flexibility index (Phi) is 6.06. The van der Waals surface area contributed by atoms with Gasteiger partial charge in [-0.3, -0.25) is 9.59 Å². The third kappa shape index (κ3) is 3.94. The van der Waals surface area contributed by atoms with Crippen LogP contribution < -0.4 is 0 Å². The number of ether oxygens (including phenoxy) is 1. The molecule has 30 heavy (non-hydrogen) atoms. The molecule has 2 amide bonds. The van der Waals surface area contributed by atoms with Crippen molar-refractivity contribution in [1.29, 1.82) is 0 Å². The van der Waals surface area contributed by atoms with Crippen molar-refractivity contribution < 1.29 is 23.2 Å². The zero-order chi connectivity index (χ0) is 21.3. The number of morpholine rings is 1. The predicted molar refractivity (Wildman–Crippen MR) is 108 cm³/mol. The molecule has 7 nitrogen and oxygen atoms in total. The number of likely N-dealkylation sites (tertiary alicyclic amines) is 1. The van der Waals surface area contributed by atoms with Crippen molar-refractivity contribution in [3.63, 3.8) is 0 Å². The summed E-state index contributed by atoms with van der Waals surface area (Å²) in [4.78, 5) is 29.4. The molecule has 2 aromatic rings. The minimum atomic E-state index is -0.570. The lowest BCUT2D eigenvalue weighted by atomic mass is 9.94. The van der Waals surface area contributed by atoms with Crippen LogP contribution in [0, 0.1) is 18.7 Å². The molecule has 2 fully saturated rings. The molecule has 4 rings (SSSR count). The highest BCUT2D eigenvalue weighted by Crippen LogP contribution is 2.34. The van der Waals surface area contributed by atoms with Gasteiger partial charge in [-0.25, -0.2) is 4.39 Å². The van der Waals surface area contributed by atoms with Gasteiger partial charge >= 0.3 is 0 Å². The van der Waals surface area contributed by atoms with Crippen molar-refractivity contribution in [3.8, 4) is 11.3 Å². The number of halogens is 2. The van der Waals surface area contributed by atoms with Crippen molar-refractivity contribution in [1.82, 2.24) is 15.0 Å². The largest absolute Gasteiger partial charge is 0.378 e. The van der Waals surface area contributed by atoms with E-state index in [1.807, 2.05) is 4.90 Å². The SMILES string of the molecule is Cc1onc(-c2c(F)cccc2Cl)c1C(=O)N1CCC(C(=O)N2CCOCC2)CC1. The molecule has 0 bridgehead atoms. The molecule has 0 spiro atoms. The van der Waals surface area contributed by atoms with Gasteiger partial charge < -0.3 is 19.1 Å². The molecule has 0 unspecified atom stereocenters. The van der Waals surface area contributed by atoms with E-state index < -0.39 is 5.82 Å². The summed E-state index contributed by atoms with van der Waals surface area (Å²) >= 11 is 6.17. The molecule has 1 aromatic carbocycles. The summed E-state index contributed by atoms with van der Waals surface area (Å²) in [7, 11) is 0. The predicted octanol–water partition coefficient (Wildman–Crippen LogP) is 3.15. The highest BCUT2D eigenvalue weighted by Gasteiger charge is 2.34. The van der Waals surface area contributed by atoms with Crippen molar-refractivity contribution >= 4 is 23.4 Å². The fraction of sp³-hybridized carbons (Fsp3) is 0.476. The van der Waals surface area contributed by atoms with Gasteiger partial charge in [0.2, 0.25) is 5.91 Å². The van der Waals surface area contributed by atoms with Gasteiger partial charge in [-0.05, 0) is 31.9 Å². The number of piperidine rings is 1. The van der Waals surface area contributed by atoms with E-state index in [-0.39, 0.29) is 39.6 Å². The van der Waals surface area contributed by atoms with E-state index in [1.54, 1.807) is 17.9 Å². The van der Waals surface area contributed by atoms with Gasteiger partial charge in [0.15, 0.2) is 0 Å². The first kappa shape index (κ1) is 20.8. The molecule has 9 heteroatoms. The van der Waals surface area contributed by atoms with Gasteiger partial charge in [0.1, 0.15) is 22.8 Å². The molecule has 2 aliphatic heterocycles. The van der Waals surface area contributed by atoms with Crippen LogP contribution in [-0.2, 0) is 9.53 Å². The Hall–Kier alpha value is -2.45. The first-order valence-corrected chi connectivity index (χ1v) is 10.4. The van der Waals surface area contributed by atoms with Crippen molar-refractivity contribution in [3.05, 3.63) is 40.4 Å². The summed E-state index contributed by atoms with van der Waals surface area (Å²) in [6.07, 6.45) is 1.17. The van der Waals surface area contributed by atoms with E-state index in [2.05, 4.69) is 5.16 Å². The summed E-state index contributed by atoms with van der Waals surface area (Å²) in [5, 5.41) is 4.07. The van der Waals surface area contributed by atoms with Crippen molar-refractivity contribution in [2.75, 3.05) is 39.4 Å². The van der Waals surface area contributed by atoms with E-state index in [9.17, 15) is 14.0 Å². The third-order valence-electron chi connectivity index (χ3n) is 5.73. The van der Waals surface area contributed by atoms with Crippen LogP contribution in [0.3, 0.4) is 0 Å². The topological polar surface area (TPSA) is 75.9 Å². The van der Waals surface area contributed by atoms with Crippen LogP contribution in [0.25, 0.3) is 11.3 Å². The zero-order valence-corrected chi connectivity index (χ0v) is 17.5. The highest BCUT2D eigenvalue weighted by molar-refractivity contribution is 6.33. The van der Waals surface area contributed by atoms with Gasteiger partial charge in [0.25, 0.3) is 5.91 Å². The number of amides is 2. The summed E-state index contributed by atoms with van der Waals surface area (Å²) in [6.45, 7) is 4.86. The number of carbonyl (C=O) groups excluding carboxylic acids is 2.